The van der Waals surface area contributed by atoms with E-state index in [2.05, 4.69) is 43.2 Å². The number of H-pyrrole nitrogens is 1. The van der Waals surface area contributed by atoms with Crippen molar-refractivity contribution >= 4 is 11.6 Å². The predicted octanol–water partition coefficient (Wildman–Crippen LogP) is 3.90. The predicted molar refractivity (Wildman–Crippen MR) is 91.9 cm³/mol. The second-order valence-electron chi connectivity index (χ2n) is 6.53. The third kappa shape index (κ3) is 5.13. The summed E-state index contributed by atoms with van der Waals surface area (Å²) in [5.74, 6) is 1.37. The van der Waals surface area contributed by atoms with E-state index >= 15 is 0 Å². The average molecular weight is 315 g/mol. The van der Waals surface area contributed by atoms with Crippen LogP contribution in [0.1, 0.15) is 43.9 Å². The number of nitrogens with zero attached hydrogens (tertiary/aromatic N) is 1. The second kappa shape index (κ2) is 7.81. The molecule has 0 spiro atoms. The highest BCUT2D eigenvalue weighted by atomic mass is 16.5. The Bertz CT molecular complexity index is 647. The van der Waals surface area contributed by atoms with Gasteiger partial charge in [0.25, 0.3) is 5.91 Å². The number of para-hydroxylation sites is 2. The molecule has 0 fully saturated rings. The van der Waals surface area contributed by atoms with Crippen molar-refractivity contribution in [2.75, 3.05) is 11.9 Å². The first-order valence-electron chi connectivity index (χ1n) is 8.03. The van der Waals surface area contributed by atoms with E-state index in [9.17, 15) is 4.79 Å². The molecular formula is C18H25N3O2. The topological polar surface area (TPSA) is 67.0 Å². The SMILES string of the molecule is CC(C)COc1ccccc1NC(=O)c1cc(CC(C)C)[nH]n1. The smallest absolute Gasteiger partial charge is 0.276 e. The molecule has 2 N–H and O–H groups in total. The fraction of sp³-hybridized carbons (Fsp3) is 0.444. The monoisotopic (exact) mass is 315 g/mol. The zero-order valence-electron chi connectivity index (χ0n) is 14.2. The number of amides is 1. The van der Waals surface area contributed by atoms with Crippen molar-refractivity contribution in [2.45, 2.75) is 34.1 Å². The Kier molecular flexibility index (Phi) is 5.79. The number of anilines is 1. The van der Waals surface area contributed by atoms with Crippen LogP contribution in [0.2, 0.25) is 0 Å². The van der Waals surface area contributed by atoms with Crippen molar-refractivity contribution in [1.29, 1.82) is 0 Å². The highest BCUT2D eigenvalue weighted by Crippen LogP contribution is 2.24. The maximum Gasteiger partial charge on any atom is 0.276 e. The van der Waals surface area contributed by atoms with Gasteiger partial charge in [0, 0.05) is 5.69 Å². The van der Waals surface area contributed by atoms with Gasteiger partial charge >= 0.3 is 0 Å². The first-order valence-corrected chi connectivity index (χ1v) is 8.03. The molecule has 124 valence electrons. The summed E-state index contributed by atoms with van der Waals surface area (Å²) in [6.45, 7) is 9.03. The molecule has 0 aliphatic heterocycles. The number of hydrogen-bond acceptors (Lipinski definition) is 3. The summed E-state index contributed by atoms with van der Waals surface area (Å²) in [6, 6.07) is 9.24. The number of hydrogen-bond donors (Lipinski definition) is 2. The molecular weight excluding hydrogens is 290 g/mol. The van der Waals surface area contributed by atoms with E-state index in [1.807, 2.05) is 24.3 Å². The van der Waals surface area contributed by atoms with Crippen LogP contribution in [0.5, 0.6) is 5.75 Å². The van der Waals surface area contributed by atoms with Gasteiger partial charge in [-0.3, -0.25) is 9.89 Å². The van der Waals surface area contributed by atoms with Gasteiger partial charge in [0.15, 0.2) is 5.69 Å². The Hall–Kier alpha value is -2.30. The van der Waals surface area contributed by atoms with Crippen molar-refractivity contribution in [2.24, 2.45) is 11.8 Å². The van der Waals surface area contributed by atoms with Gasteiger partial charge in [-0.1, -0.05) is 39.8 Å². The molecule has 0 aliphatic carbocycles. The van der Waals surface area contributed by atoms with E-state index in [1.54, 1.807) is 6.07 Å². The Morgan fingerprint density at radius 2 is 1.96 bits per heavy atom. The summed E-state index contributed by atoms with van der Waals surface area (Å²) in [6.07, 6.45) is 0.869. The Morgan fingerprint density at radius 3 is 2.65 bits per heavy atom. The highest BCUT2D eigenvalue weighted by molar-refractivity contribution is 6.03. The molecule has 1 heterocycles. The molecule has 2 aromatic rings. The quantitative estimate of drug-likeness (QED) is 0.814. The minimum Gasteiger partial charge on any atom is -0.491 e. The molecule has 0 bridgehead atoms. The number of carbonyl (C=O) groups is 1. The molecule has 5 heteroatoms. The molecule has 0 unspecified atom stereocenters. The van der Waals surface area contributed by atoms with Crippen molar-refractivity contribution < 1.29 is 9.53 Å². The van der Waals surface area contributed by atoms with Crippen LogP contribution in [-0.2, 0) is 6.42 Å². The molecule has 0 aliphatic rings. The minimum atomic E-state index is -0.239. The first-order chi connectivity index (χ1) is 11.0. The molecule has 23 heavy (non-hydrogen) atoms. The van der Waals surface area contributed by atoms with Crippen molar-refractivity contribution in [3.05, 3.63) is 41.7 Å². The van der Waals surface area contributed by atoms with Gasteiger partial charge < -0.3 is 10.1 Å². The summed E-state index contributed by atoms with van der Waals surface area (Å²) in [5, 5.41) is 9.88. The zero-order valence-corrected chi connectivity index (χ0v) is 14.2. The maximum absolute atomic E-state index is 12.4. The van der Waals surface area contributed by atoms with Crippen LogP contribution in [0.25, 0.3) is 0 Å². The lowest BCUT2D eigenvalue weighted by Gasteiger charge is -2.13. The zero-order chi connectivity index (χ0) is 16.8. The highest BCUT2D eigenvalue weighted by Gasteiger charge is 2.14. The third-order valence-electron chi connectivity index (χ3n) is 3.20. The lowest BCUT2D eigenvalue weighted by molar-refractivity contribution is 0.102. The molecule has 1 amide bonds. The maximum atomic E-state index is 12.4. The summed E-state index contributed by atoms with van der Waals surface area (Å²) < 4.78 is 5.75. The van der Waals surface area contributed by atoms with Gasteiger partial charge in [-0.25, -0.2) is 0 Å². The van der Waals surface area contributed by atoms with Crippen molar-refractivity contribution in [1.82, 2.24) is 10.2 Å². The number of aromatic amines is 1. The Morgan fingerprint density at radius 1 is 1.22 bits per heavy atom. The van der Waals surface area contributed by atoms with Gasteiger partial charge in [0.1, 0.15) is 5.75 Å². The number of carbonyl (C=O) groups excluding carboxylic acids is 1. The van der Waals surface area contributed by atoms with Crippen molar-refractivity contribution in [3.63, 3.8) is 0 Å². The van der Waals surface area contributed by atoms with Gasteiger partial charge in [-0.05, 0) is 36.5 Å². The molecule has 5 nitrogen and oxygen atoms in total. The average Bonchev–Trinajstić information content (AvgIpc) is 2.94. The molecule has 0 atom stereocenters. The van der Waals surface area contributed by atoms with Gasteiger partial charge in [-0.2, -0.15) is 5.10 Å². The molecule has 0 saturated carbocycles. The fourth-order valence-corrected chi connectivity index (χ4v) is 2.16. The van der Waals surface area contributed by atoms with Crippen LogP contribution < -0.4 is 10.1 Å². The standard InChI is InChI=1S/C18H25N3O2/c1-12(2)9-14-10-16(21-20-14)18(22)19-15-7-5-6-8-17(15)23-11-13(3)4/h5-8,10,12-13H,9,11H2,1-4H3,(H,19,22)(H,20,21). The van der Waals surface area contributed by atoms with E-state index in [0.717, 1.165) is 12.1 Å². The summed E-state index contributed by atoms with van der Waals surface area (Å²) in [5.41, 5.74) is 2.01. The molecule has 0 saturated heterocycles. The number of rotatable bonds is 7. The summed E-state index contributed by atoms with van der Waals surface area (Å²) in [4.78, 5) is 12.4. The normalized spacial score (nSPS) is 11.0. The summed E-state index contributed by atoms with van der Waals surface area (Å²) >= 11 is 0. The van der Waals surface area contributed by atoms with Gasteiger partial charge in [0.2, 0.25) is 0 Å². The molecule has 2 rings (SSSR count). The van der Waals surface area contributed by atoms with E-state index in [1.165, 1.54) is 0 Å². The van der Waals surface area contributed by atoms with Crippen LogP contribution in [0.15, 0.2) is 30.3 Å². The van der Waals surface area contributed by atoms with Crippen LogP contribution >= 0.6 is 0 Å². The Balaban J connectivity index is 2.06. The summed E-state index contributed by atoms with van der Waals surface area (Å²) in [7, 11) is 0. The first kappa shape index (κ1) is 17.1. The Labute approximate surface area is 137 Å². The van der Waals surface area contributed by atoms with Gasteiger partial charge in [0.05, 0.1) is 12.3 Å². The largest absolute Gasteiger partial charge is 0.491 e. The van der Waals surface area contributed by atoms with E-state index < -0.39 is 0 Å². The minimum absolute atomic E-state index is 0.239. The van der Waals surface area contributed by atoms with Crippen molar-refractivity contribution in [3.8, 4) is 5.75 Å². The van der Waals surface area contributed by atoms with E-state index in [4.69, 9.17) is 4.74 Å². The fourth-order valence-electron chi connectivity index (χ4n) is 2.16. The number of ether oxygens (including phenoxy) is 1. The lowest BCUT2D eigenvalue weighted by atomic mass is 10.1. The van der Waals surface area contributed by atoms with Crippen LogP contribution in [0.4, 0.5) is 5.69 Å². The van der Waals surface area contributed by atoms with Crippen LogP contribution in [-0.4, -0.2) is 22.7 Å². The van der Waals surface area contributed by atoms with Gasteiger partial charge in [-0.15, -0.1) is 0 Å². The molecule has 1 aromatic carbocycles. The van der Waals surface area contributed by atoms with Crippen LogP contribution in [0.3, 0.4) is 0 Å². The second-order valence-corrected chi connectivity index (χ2v) is 6.53. The van der Waals surface area contributed by atoms with E-state index in [0.29, 0.717) is 35.6 Å². The van der Waals surface area contributed by atoms with E-state index in [-0.39, 0.29) is 5.91 Å². The molecule has 1 aromatic heterocycles. The number of nitrogens with one attached hydrogen (secondary N) is 2. The lowest BCUT2D eigenvalue weighted by Crippen LogP contribution is -2.14. The third-order valence-corrected chi connectivity index (χ3v) is 3.20. The molecule has 0 radical (unpaired) electrons. The number of benzene rings is 1. The van der Waals surface area contributed by atoms with Crippen LogP contribution in [0, 0.1) is 11.8 Å². The number of aromatic nitrogens is 2.